The van der Waals surface area contributed by atoms with Crippen LogP contribution in [0.2, 0.25) is 0 Å². The van der Waals surface area contributed by atoms with E-state index in [-0.39, 0.29) is 6.04 Å². The summed E-state index contributed by atoms with van der Waals surface area (Å²) in [5.41, 5.74) is 0.910. The van der Waals surface area contributed by atoms with E-state index in [1.54, 1.807) is 7.11 Å². The number of nitrogens with one attached hydrogen (secondary N) is 1. The molecule has 4 heteroatoms. The fraction of sp³-hybridized carbons (Fsp3) is 0.600. The van der Waals surface area contributed by atoms with E-state index >= 15 is 0 Å². The summed E-state index contributed by atoms with van der Waals surface area (Å²) in [6, 6.07) is 8.03. The molecule has 2 atom stereocenters. The zero-order valence-electron chi connectivity index (χ0n) is 11.6. The van der Waals surface area contributed by atoms with Crippen LogP contribution in [0.15, 0.2) is 24.3 Å². The van der Waals surface area contributed by atoms with Gasteiger partial charge in [-0.1, -0.05) is 12.1 Å². The highest BCUT2D eigenvalue weighted by Gasteiger charge is 2.21. The van der Waals surface area contributed by atoms with E-state index in [9.17, 15) is 5.11 Å². The molecule has 2 rings (SSSR count). The zero-order valence-corrected chi connectivity index (χ0v) is 11.6. The standard InChI is InChI=1S/C15H23NO3/c1-11(16-13-7-9-19-10-8-13)15(17)12-3-5-14(18-2)6-4-12/h3-6,11,13,15-17H,7-10H2,1-2H3. The van der Waals surface area contributed by atoms with Gasteiger partial charge >= 0.3 is 0 Å². The minimum atomic E-state index is -0.506. The number of hydrogen-bond donors (Lipinski definition) is 2. The minimum absolute atomic E-state index is 0.0245. The topological polar surface area (TPSA) is 50.7 Å². The number of rotatable bonds is 5. The Labute approximate surface area is 114 Å². The Hall–Kier alpha value is -1.10. The second-order valence-electron chi connectivity index (χ2n) is 5.06. The van der Waals surface area contributed by atoms with Gasteiger partial charge in [-0.3, -0.25) is 0 Å². The Bertz CT molecular complexity index is 373. The largest absolute Gasteiger partial charge is 0.497 e. The smallest absolute Gasteiger partial charge is 0.118 e. The van der Waals surface area contributed by atoms with Crippen molar-refractivity contribution in [3.05, 3.63) is 29.8 Å². The van der Waals surface area contributed by atoms with Gasteiger partial charge in [0.1, 0.15) is 5.75 Å². The summed E-state index contributed by atoms with van der Waals surface area (Å²) in [4.78, 5) is 0. The molecule has 0 radical (unpaired) electrons. The van der Waals surface area contributed by atoms with Gasteiger partial charge in [0.15, 0.2) is 0 Å². The minimum Gasteiger partial charge on any atom is -0.497 e. The summed E-state index contributed by atoms with van der Waals surface area (Å²) >= 11 is 0. The number of aliphatic hydroxyl groups excluding tert-OH is 1. The van der Waals surface area contributed by atoms with Crippen LogP contribution < -0.4 is 10.1 Å². The summed E-state index contributed by atoms with van der Waals surface area (Å²) < 4.78 is 10.5. The van der Waals surface area contributed by atoms with Crippen LogP contribution in [-0.4, -0.2) is 37.5 Å². The van der Waals surface area contributed by atoms with Crippen LogP contribution in [0.5, 0.6) is 5.75 Å². The highest BCUT2D eigenvalue weighted by molar-refractivity contribution is 5.29. The average molecular weight is 265 g/mol. The maximum Gasteiger partial charge on any atom is 0.118 e. The van der Waals surface area contributed by atoms with Crippen molar-refractivity contribution in [1.29, 1.82) is 0 Å². The summed E-state index contributed by atoms with van der Waals surface area (Å²) in [6.45, 7) is 3.64. The van der Waals surface area contributed by atoms with Crippen molar-refractivity contribution in [2.24, 2.45) is 0 Å². The Kier molecular flexibility index (Phi) is 5.19. The molecule has 1 heterocycles. The second kappa shape index (κ2) is 6.89. The molecule has 1 aliphatic rings. The first-order valence-corrected chi connectivity index (χ1v) is 6.86. The van der Waals surface area contributed by atoms with Crippen LogP contribution in [0.1, 0.15) is 31.4 Å². The number of hydrogen-bond acceptors (Lipinski definition) is 4. The van der Waals surface area contributed by atoms with E-state index in [1.165, 1.54) is 0 Å². The first kappa shape index (κ1) is 14.3. The molecule has 0 aromatic heterocycles. The van der Waals surface area contributed by atoms with Gasteiger partial charge in [-0.05, 0) is 37.5 Å². The molecule has 0 saturated carbocycles. The third-order valence-electron chi connectivity index (χ3n) is 3.65. The molecular formula is C15H23NO3. The van der Waals surface area contributed by atoms with Crippen LogP contribution in [-0.2, 0) is 4.74 Å². The third kappa shape index (κ3) is 3.93. The lowest BCUT2D eigenvalue weighted by Crippen LogP contribution is -2.43. The Balaban J connectivity index is 1.91. The molecule has 1 aromatic carbocycles. The fourth-order valence-electron chi connectivity index (χ4n) is 2.42. The van der Waals surface area contributed by atoms with Gasteiger partial charge in [0.05, 0.1) is 13.2 Å². The maximum absolute atomic E-state index is 10.3. The zero-order chi connectivity index (χ0) is 13.7. The SMILES string of the molecule is COc1ccc(C(O)C(C)NC2CCOCC2)cc1. The first-order chi connectivity index (χ1) is 9.20. The van der Waals surface area contributed by atoms with Crippen LogP contribution in [0.25, 0.3) is 0 Å². The second-order valence-corrected chi connectivity index (χ2v) is 5.06. The summed E-state index contributed by atoms with van der Waals surface area (Å²) in [6.07, 6.45) is 1.52. The van der Waals surface area contributed by atoms with E-state index in [4.69, 9.17) is 9.47 Å². The maximum atomic E-state index is 10.3. The van der Waals surface area contributed by atoms with Crippen molar-refractivity contribution >= 4 is 0 Å². The van der Waals surface area contributed by atoms with Crippen LogP contribution in [0, 0.1) is 0 Å². The van der Waals surface area contributed by atoms with E-state index < -0.39 is 6.10 Å². The lowest BCUT2D eigenvalue weighted by Gasteiger charge is -2.29. The molecule has 1 saturated heterocycles. The predicted octanol–water partition coefficient (Wildman–Crippen LogP) is 1.89. The van der Waals surface area contributed by atoms with E-state index in [0.717, 1.165) is 37.4 Å². The van der Waals surface area contributed by atoms with Crippen molar-refractivity contribution in [3.63, 3.8) is 0 Å². The summed E-state index contributed by atoms with van der Waals surface area (Å²) in [7, 11) is 1.64. The molecule has 1 aliphatic heterocycles. The Morgan fingerprint density at radius 2 is 1.89 bits per heavy atom. The average Bonchev–Trinajstić information content (AvgIpc) is 2.47. The highest BCUT2D eigenvalue weighted by atomic mass is 16.5. The van der Waals surface area contributed by atoms with Gasteiger partial charge in [-0.25, -0.2) is 0 Å². The third-order valence-corrected chi connectivity index (χ3v) is 3.65. The molecular weight excluding hydrogens is 242 g/mol. The molecule has 0 bridgehead atoms. The van der Waals surface area contributed by atoms with Gasteiger partial charge in [0.2, 0.25) is 0 Å². The Morgan fingerprint density at radius 1 is 1.26 bits per heavy atom. The molecule has 2 N–H and O–H groups in total. The molecule has 0 amide bonds. The molecule has 4 nitrogen and oxygen atoms in total. The highest BCUT2D eigenvalue weighted by Crippen LogP contribution is 2.21. The van der Waals surface area contributed by atoms with Gasteiger partial charge in [0.25, 0.3) is 0 Å². The van der Waals surface area contributed by atoms with Gasteiger partial charge in [-0.15, -0.1) is 0 Å². The molecule has 0 aliphatic carbocycles. The number of methoxy groups -OCH3 is 1. The number of aliphatic hydroxyl groups is 1. The van der Waals surface area contributed by atoms with Crippen LogP contribution in [0.3, 0.4) is 0 Å². The number of benzene rings is 1. The van der Waals surface area contributed by atoms with Crippen molar-refractivity contribution in [1.82, 2.24) is 5.32 Å². The summed E-state index contributed by atoms with van der Waals surface area (Å²) in [5.74, 6) is 0.806. The lowest BCUT2D eigenvalue weighted by atomic mass is 10.0. The number of ether oxygens (including phenoxy) is 2. The molecule has 1 aromatic rings. The normalized spacial score (nSPS) is 19.9. The molecule has 106 valence electrons. The molecule has 1 fully saturated rings. The van der Waals surface area contributed by atoms with Gasteiger partial charge in [0, 0.05) is 25.3 Å². The van der Waals surface area contributed by atoms with Gasteiger partial charge < -0.3 is 19.9 Å². The first-order valence-electron chi connectivity index (χ1n) is 6.86. The van der Waals surface area contributed by atoms with Gasteiger partial charge in [-0.2, -0.15) is 0 Å². The lowest BCUT2D eigenvalue weighted by molar-refractivity contribution is 0.0627. The van der Waals surface area contributed by atoms with Crippen LogP contribution >= 0.6 is 0 Å². The van der Waals surface area contributed by atoms with Crippen molar-refractivity contribution in [2.45, 2.75) is 38.0 Å². The predicted molar refractivity (Wildman–Crippen MR) is 74.4 cm³/mol. The molecule has 19 heavy (non-hydrogen) atoms. The molecule has 0 spiro atoms. The quantitative estimate of drug-likeness (QED) is 0.853. The summed E-state index contributed by atoms with van der Waals surface area (Å²) in [5, 5.41) is 13.8. The van der Waals surface area contributed by atoms with E-state index in [2.05, 4.69) is 5.32 Å². The molecule has 2 unspecified atom stereocenters. The monoisotopic (exact) mass is 265 g/mol. The van der Waals surface area contributed by atoms with Crippen molar-refractivity contribution in [2.75, 3.05) is 20.3 Å². The van der Waals surface area contributed by atoms with Crippen LogP contribution in [0.4, 0.5) is 0 Å². The van der Waals surface area contributed by atoms with E-state index in [0.29, 0.717) is 6.04 Å². The van der Waals surface area contributed by atoms with E-state index in [1.807, 2.05) is 31.2 Å². The Morgan fingerprint density at radius 3 is 2.47 bits per heavy atom. The fourth-order valence-corrected chi connectivity index (χ4v) is 2.42. The van der Waals surface area contributed by atoms with Crippen molar-refractivity contribution < 1.29 is 14.6 Å². The van der Waals surface area contributed by atoms with Crippen molar-refractivity contribution in [3.8, 4) is 5.75 Å².